The average Bonchev–Trinajstić information content (AvgIpc) is 3.03. The van der Waals surface area contributed by atoms with Gasteiger partial charge >= 0.3 is 6.01 Å². The third kappa shape index (κ3) is 3.22. The summed E-state index contributed by atoms with van der Waals surface area (Å²) < 4.78 is 33.9. The van der Waals surface area contributed by atoms with Crippen LogP contribution in [-0.4, -0.2) is 35.3 Å². The standard InChI is InChI=1S/C11H17N5O3S2/c1-5-16-9(13-14-10(16)19-4)8(3)15-21(17,18)11-12-7(2)6-20-11/h6,8,15H,5H2,1-4H3/t8-/m1/s1. The maximum Gasteiger partial charge on any atom is 0.316 e. The molecule has 0 saturated heterocycles. The molecule has 0 amide bonds. The molecule has 1 N–H and O–H groups in total. The Labute approximate surface area is 127 Å². The van der Waals surface area contributed by atoms with E-state index in [-0.39, 0.29) is 4.34 Å². The number of hydrogen-bond donors (Lipinski definition) is 1. The van der Waals surface area contributed by atoms with E-state index in [1.165, 1.54) is 7.11 Å². The fourth-order valence-corrected chi connectivity index (χ4v) is 4.11. The van der Waals surface area contributed by atoms with Gasteiger partial charge in [0.25, 0.3) is 10.0 Å². The monoisotopic (exact) mass is 331 g/mol. The van der Waals surface area contributed by atoms with Crippen molar-refractivity contribution in [3.8, 4) is 6.01 Å². The summed E-state index contributed by atoms with van der Waals surface area (Å²) in [6.45, 7) is 5.93. The highest BCUT2D eigenvalue weighted by Gasteiger charge is 2.25. The number of ether oxygens (including phenoxy) is 1. The Morgan fingerprint density at radius 3 is 2.71 bits per heavy atom. The summed E-state index contributed by atoms with van der Waals surface area (Å²) in [6.07, 6.45) is 0. The molecule has 0 unspecified atom stereocenters. The van der Waals surface area contributed by atoms with Crippen LogP contribution in [0.3, 0.4) is 0 Å². The minimum atomic E-state index is -3.67. The Hall–Kier alpha value is -1.52. The van der Waals surface area contributed by atoms with Gasteiger partial charge in [0.1, 0.15) is 0 Å². The van der Waals surface area contributed by atoms with E-state index in [0.717, 1.165) is 11.3 Å². The van der Waals surface area contributed by atoms with E-state index in [9.17, 15) is 8.42 Å². The summed E-state index contributed by atoms with van der Waals surface area (Å²) in [4.78, 5) is 3.99. The molecule has 21 heavy (non-hydrogen) atoms. The van der Waals surface area contributed by atoms with Crippen LogP contribution in [0.5, 0.6) is 6.01 Å². The number of nitrogens with zero attached hydrogens (tertiary/aromatic N) is 4. The first-order valence-electron chi connectivity index (χ1n) is 6.30. The lowest BCUT2D eigenvalue weighted by Crippen LogP contribution is -2.29. The molecule has 2 heterocycles. The van der Waals surface area contributed by atoms with Gasteiger partial charge in [-0.1, -0.05) is 5.10 Å². The molecule has 1 atom stereocenters. The highest BCUT2D eigenvalue weighted by molar-refractivity contribution is 7.91. The van der Waals surface area contributed by atoms with Crippen molar-refractivity contribution in [3.63, 3.8) is 0 Å². The van der Waals surface area contributed by atoms with E-state index in [1.807, 2.05) is 6.92 Å². The predicted molar refractivity (Wildman–Crippen MR) is 77.8 cm³/mol. The molecule has 0 radical (unpaired) electrons. The van der Waals surface area contributed by atoms with Crippen molar-refractivity contribution in [2.75, 3.05) is 7.11 Å². The zero-order valence-electron chi connectivity index (χ0n) is 12.2. The number of nitrogens with one attached hydrogen (secondary N) is 1. The average molecular weight is 331 g/mol. The van der Waals surface area contributed by atoms with Crippen LogP contribution < -0.4 is 9.46 Å². The molecule has 2 aromatic heterocycles. The topological polar surface area (TPSA) is 99.0 Å². The molecule has 2 aromatic rings. The minimum absolute atomic E-state index is 0.0429. The molecule has 8 nitrogen and oxygen atoms in total. The van der Waals surface area contributed by atoms with Crippen molar-refractivity contribution in [3.05, 3.63) is 16.9 Å². The van der Waals surface area contributed by atoms with Crippen molar-refractivity contribution in [1.82, 2.24) is 24.5 Å². The van der Waals surface area contributed by atoms with E-state index in [4.69, 9.17) is 4.74 Å². The van der Waals surface area contributed by atoms with Crippen molar-refractivity contribution in [2.45, 2.75) is 37.7 Å². The summed E-state index contributed by atoms with van der Waals surface area (Å²) in [5.41, 5.74) is 0.673. The maximum atomic E-state index is 12.3. The second-order valence-electron chi connectivity index (χ2n) is 4.39. The van der Waals surface area contributed by atoms with E-state index < -0.39 is 16.1 Å². The van der Waals surface area contributed by atoms with Crippen LogP contribution in [0.4, 0.5) is 0 Å². The number of methoxy groups -OCH3 is 1. The van der Waals surface area contributed by atoms with Crippen molar-refractivity contribution in [2.24, 2.45) is 0 Å². The highest BCUT2D eigenvalue weighted by atomic mass is 32.2. The van der Waals surface area contributed by atoms with Gasteiger partial charge in [0.05, 0.1) is 13.2 Å². The summed E-state index contributed by atoms with van der Waals surface area (Å²) in [6, 6.07) is -0.195. The first-order chi connectivity index (χ1) is 9.89. The van der Waals surface area contributed by atoms with E-state index >= 15 is 0 Å². The van der Waals surface area contributed by atoms with Crippen LogP contribution in [0.2, 0.25) is 0 Å². The Bertz CT molecular complexity index is 722. The first-order valence-corrected chi connectivity index (χ1v) is 8.66. The van der Waals surface area contributed by atoms with Gasteiger partial charge in [0.15, 0.2) is 5.82 Å². The second-order valence-corrected chi connectivity index (χ2v) is 7.13. The minimum Gasteiger partial charge on any atom is -0.467 e. The van der Waals surface area contributed by atoms with Crippen LogP contribution in [0.15, 0.2) is 9.72 Å². The van der Waals surface area contributed by atoms with Crippen molar-refractivity contribution >= 4 is 21.4 Å². The Morgan fingerprint density at radius 1 is 1.48 bits per heavy atom. The zero-order chi connectivity index (χ0) is 15.6. The molecule has 116 valence electrons. The van der Waals surface area contributed by atoms with Gasteiger partial charge in [-0.25, -0.2) is 13.4 Å². The molecule has 10 heteroatoms. The number of aryl methyl sites for hydroxylation is 1. The quantitative estimate of drug-likeness (QED) is 0.851. The molecule has 2 rings (SSSR count). The van der Waals surface area contributed by atoms with Gasteiger partial charge in [0.2, 0.25) is 4.34 Å². The molecule has 0 aliphatic carbocycles. The summed E-state index contributed by atoms with van der Waals surface area (Å²) >= 11 is 1.08. The van der Waals surface area contributed by atoms with Crippen LogP contribution in [0.25, 0.3) is 0 Å². The SMILES string of the molecule is CCn1c(OC)nnc1[C@@H](C)NS(=O)(=O)c1nc(C)cs1. The number of hydrogen-bond acceptors (Lipinski definition) is 7. The number of aromatic nitrogens is 4. The fourth-order valence-electron chi connectivity index (χ4n) is 1.86. The Morgan fingerprint density at radius 2 is 2.19 bits per heavy atom. The molecule has 0 aliphatic heterocycles. The molecule has 0 aliphatic rings. The summed E-state index contributed by atoms with van der Waals surface area (Å²) in [5.74, 6) is 0.492. The third-order valence-electron chi connectivity index (χ3n) is 2.79. The molecule has 0 bridgehead atoms. The van der Waals surface area contributed by atoms with Crippen molar-refractivity contribution in [1.29, 1.82) is 0 Å². The van der Waals surface area contributed by atoms with Crippen LogP contribution in [-0.2, 0) is 16.6 Å². The van der Waals surface area contributed by atoms with Gasteiger partial charge in [-0.15, -0.1) is 16.4 Å². The van der Waals surface area contributed by atoms with Crippen LogP contribution in [0.1, 0.15) is 31.4 Å². The van der Waals surface area contributed by atoms with Gasteiger partial charge < -0.3 is 4.74 Å². The van der Waals surface area contributed by atoms with Gasteiger partial charge in [-0.3, -0.25) is 4.57 Å². The van der Waals surface area contributed by atoms with Gasteiger partial charge in [-0.05, 0) is 20.8 Å². The zero-order valence-corrected chi connectivity index (χ0v) is 13.8. The molecule has 0 fully saturated rings. The molecule has 0 aromatic carbocycles. The lowest BCUT2D eigenvalue weighted by atomic mass is 10.3. The smallest absolute Gasteiger partial charge is 0.316 e. The lowest BCUT2D eigenvalue weighted by molar-refractivity contribution is 0.354. The Kier molecular flexibility index (Phi) is 4.59. The molecular weight excluding hydrogens is 314 g/mol. The first kappa shape index (κ1) is 15.9. The molecule has 0 saturated carbocycles. The summed E-state index contributed by atoms with van der Waals surface area (Å²) in [7, 11) is -2.18. The lowest BCUT2D eigenvalue weighted by Gasteiger charge is -2.13. The maximum absolute atomic E-state index is 12.3. The number of thiazole rings is 1. The van der Waals surface area contributed by atoms with Crippen LogP contribution in [0, 0.1) is 6.92 Å². The predicted octanol–water partition coefficient (Wildman–Crippen LogP) is 1.11. The second kappa shape index (κ2) is 6.08. The largest absolute Gasteiger partial charge is 0.467 e. The molecular formula is C11H17N5O3S2. The third-order valence-corrected chi connectivity index (χ3v) is 5.71. The summed E-state index contributed by atoms with van der Waals surface area (Å²) in [5, 5.41) is 9.55. The number of sulfonamides is 1. The van der Waals surface area contributed by atoms with E-state index in [1.54, 1.807) is 23.8 Å². The van der Waals surface area contributed by atoms with Gasteiger partial charge in [-0.2, -0.15) is 4.72 Å². The van der Waals surface area contributed by atoms with E-state index in [0.29, 0.717) is 24.1 Å². The highest BCUT2D eigenvalue weighted by Crippen LogP contribution is 2.21. The van der Waals surface area contributed by atoms with Crippen molar-refractivity contribution < 1.29 is 13.2 Å². The Balaban J connectivity index is 2.25. The normalized spacial score (nSPS) is 13.3. The van der Waals surface area contributed by atoms with E-state index in [2.05, 4.69) is 19.9 Å². The van der Waals surface area contributed by atoms with Gasteiger partial charge in [0, 0.05) is 17.6 Å². The molecule has 0 spiro atoms. The fraction of sp³-hybridized carbons (Fsp3) is 0.545. The van der Waals surface area contributed by atoms with Crippen LogP contribution >= 0.6 is 11.3 Å². The number of rotatable bonds is 6.